The maximum Gasteiger partial charge on any atom is 0.165 e. The minimum atomic E-state index is -0.325. The summed E-state index contributed by atoms with van der Waals surface area (Å²) >= 11 is 0. The second-order valence-corrected chi connectivity index (χ2v) is 11.2. The molecule has 5 nitrogen and oxygen atoms in total. The molecule has 1 N–H and O–H groups in total. The number of likely N-dealkylation sites (N-methyl/N-ethyl adjacent to an activating group) is 1. The Bertz CT molecular complexity index is 1250. The molecule has 1 atom stereocenters. The number of ether oxygens (including phenoxy) is 2. The number of nitrogens with zero attached hydrogens (tertiary/aromatic N) is 2. The van der Waals surface area contributed by atoms with Crippen LogP contribution in [0.25, 0.3) is 0 Å². The fourth-order valence-corrected chi connectivity index (χ4v) is 5.68. The van der Waals surface area contributed by atoms with E-state index < -0.39 is 0 Å². The Morgan fingerprint density at radius 3 is 2.58 bits per heavy atom. The number of phenolic OH excluding ortho intramolecular Hbond substituents is 1. The predicted octanol–water partition coefficient (Wildman–Crippen LogP) is 7.34. The average Bonchev–Trinajstić information content (AvgIpc) is 2.96. The summed E-state index contributed by atoms with van der Waals surface area (Å²) in [7, 11) is 5.82. The Labute approximate surface area is 239 Å². The first-order valence-corrected chi connectivity index (χ1v) is 14.7. The van der Waals surface area contributed by atoms with Crippen LogP contribution in [-0.2, 0) is 19.4 Å². The molecule has 4 rings (SSSR count). The van der Waals surface area contributed by atoms with E-state index in [1.807, 2.05) is 31.3 Å². The van der Waals surface area contributed by atoms with Gasteiger partial charge in [-0.05, 0) is 97.8 Å². The molecule has 216 valence electrons. The van der Waals surface area contributed by atoms with Gasteiger partial charge in [-0.15, -0.1) is 0 Å². The van der Waals surface area contributed by atoms with Gasteiger partial charge in [-0.25, -0.2) is 4.39 Å². The zero-order chi connectivity index (χ0) is 28.5. The molecule has 0 amide bonds. The number of aromatic hydroxyl groups is 1. The van der Waals surface area contributed by atoms with E-state index in [1.54, 1.807) is 25.3 Å². The molecular formula is C34H45FN2O3. The number of fused-ring (bicyclic) bond motifs is 1. The van der Waals surface area contributed by atoms with Crippen molar-refractivity contribution in [3.63, 3.8) is 0 Å². The molecule has 1 unspecified atom stereocenters. The summed E-state index contributed by atoms with van der Waals surface area (Å²) in [5.74, 6) is 1.47. The van der Waals surface area contributed by atoms with Gasteiger partial charge in [0.05, 0.1) is 7.11 Å². The van der Waals surface area contributed by atoms with Crippen molar-refractivity contribution in [2.75, 3.05) is 45.8 Å². The van der Waals surface area contributed by atoms with Crippen LogP contribution in [0.2, 0.25) is 0 Å². The Kier molecular flexibility index (Phi) is 10.7. The summed E-state index contributed by atoms with van der Waals surface area (Å²) in [6, 6.07) is 17.3. The number of hydrogen-bond donors (Lipinski definition) is 1. The molecule has 0 aromatic heterocycles. The summed E-state index contributed by atoms with van der Waals surface area (Å²) in [4.78, 5) is 4.42. The fraction of sp³-hybridized carbons (Fsp3) is 0.471. The van der Waals surface area contributed by atoms with Gasteiger partial charge in [0.25, 0.3) is 0 Å². The van der Waals surface area contributed by atoms with Crippen LogP contribution in [0.5, 0.6) is 17.2 Å². The zero-order valence-corrected chi connectivity index (χ0v) is 24.6. The lowest BCUT2D eigenvalue weighted by Crippen LogP contribution is -2.25. The van der Waals surface area contributed by atoms with Crippen LogP contribution in [0, 0.1) is 5.82 Å². The molecule has 0 bridgehead atoms. The smallest absolute Gasteiger partial charge is 0.165 e. The van der Waals surface area contributed by atoms with Crippen molar-refractivity contribution in [3.05, 3.63) is 82.7 Å². The molecule has 0 saturated carbocycles. The third kappa shape index (κ3) is 7.91. The van der Waals surface area contributed by atoms with Gasteiger partial charge in [-0.3, -0.25) is 0 Å². The minimum absolute atomic E-state index is 0.305. The Hall–Kier alpha value is -3.25. The maximum absolute atomic E-state index is 15.0. The molecule has 0 radical (unpaired) electrons. The monoisotopic (exact) mass is 548 g/mol. The van der Waals surface area contributed by atoms with Gasteiger partial charge in [0.15, 0.2) is 11.6 Å². The van der Waals surface area contributed by atoms with Crippen LogP contribution >= 0.6 is 0 Å². The van der Waals surface area contributed by atoms with Gasteiger partial charge < -0.3 is 24.4 Å². The van der Waals surface area contributed by atoms with Crippen LogP contribution in [-0.4, -0.2) is 50.9 Å². The lowest BCUT2D eigenvalue weighted by atomic mass is 9.79. The standard InChI is InChI=1S/C34H45FN2O3/c1-5-6-7-8-17-36(2)18-19-40-34-16-9-25(20-32(34)35)24-37(3)33-23-30(39-4)14-15-31(33)28-11-10-27-22-29(38)13-12-26(27)21-28/h9,12-16,20,22-23,28,38H,5-8,10-11,17-19,21,24H2,1-4H3. The quantitative estimate of drug-likeness (QED) is 0.214. The highest BCUT2D eigenvalue weighted by Gasteiger charge is 2.24. The molecular weight excluding hydrogens is 503 g/mol. The summed E-state index contributed by atoms with van der Waals surface area (Å²) < 4.78 is 26.3. The van der Waals surface area contributed by atoms with Crippen LogP contribution in [0.3, 0.4) is 0 Å². The number of benzene rings is 3. The van der Waals surface area contributed by atoms with Crippen molar-refractivity contribution in [1.82, 2.24) is 4.90 Å². The second-order valence-electron chi connectivity index (χ2n) is 11.2. The van der Waals surface area contributed by atoms with E-state index in [-0.39, 0.29) is 5.82 Å². The number of hydrogen-bond acceptors (Lipinski definition) is 5. The van der Waals surface area contributed by atoms with Crippen molar-refractivity contribution in [2.24, 2.45) is 0 Å². The first kappa shape index (κ1) is 29.7. The zero-order valence-electron chi connectivity index (χ0n) is 24.6. The van der Waals surface area contributed by atoms with Crippen molar-refractivity contribution < 1.29 is 19.0 Å². The molecule has 0 heterocycles. The Morgan fingerprint density at radius 1 is 0.950 bits per heavy atom. The largest absolute Gasteiger partial charge is 0.508 e. The van der Waals surface area contributed by atoms with Gasteiger partial charge in [-0.1, -0.05) is 44.4 Å². The molecule has 0 aliphatic heterocycles. The van der Waals surface area contributed by atoms with Crippen molar-refractivity contribution in [2.45, 2.75) is 64.3 Å². The number of aryl methyl sites for hydroxylation is 1. The Balaban J connectivity index is 1.39. The molecule has 0 saturated heterocycles. The van der Waals surface area contributed by atoms with E-state index in [2.05, 4.69) is 35.9 Å². The first-order chi connectivity index (χ1) is 19.4. The number of halogens is 1. The second kappa shape index (κ2) is 14.4. The lowest BCUT2D eigenvalue weighted by Gasteiger charge is -2.30. The van der Waals surface area contributed by atoms with Crippen LogP contribution in [0.4, 0.5) is 10.1 Å². The highest BCUT2D eigenvalue weighted by Crippen LogP contribution is 2.40. The molecule has 6 heteroatoms. The fourth-order valence-electron chi connectivity index (χ4n) is 5.68. The molecule has 3 aromatic rings. The number of anilines is 1. The maximum atomic E-state index is 15.0. The van der Waals surface area contributed by atoms with Crippen LogP contribution < -0.4 is 14.4 Å². The molecule has 1 aliphatic rings. The summed E-state index contributed by atoms with van der Waals surface area (Å²) in [5.41, 5.74) is 5.77. The van der Waals surface area contributed by atoms with E-state index in [0.29, 0.717) is 30.6 Å². The molecule has 40 heavy (non-hydrogen) atoms. The van der Waals surface area contributed by atoms with Crippen LogP contribution in [0.1, 0.15) is 67.2 Å². The highest BCUT2D eigenvalue weighted by atomic mass is 19.1. The van der Waals surface area contributed by atoms with Gasteiger partial charge in [0.1, 0.15) is 18.1 Å². The number of methoxy groups -OCH3 is 1. The third-order valence-electron chi connectivity index (χ3n) is 8.05. The van der Waals surface area contributed by atoms with E-state index in [9.17, 15) is 9.50 Å². The average molecular weight is 549 g/mol. The van der Waals surface area contributed by atoms with E-state index in [0.717, 1.165) is 49.4 Å². The lowest BCUT2D eigenvalue weighted by molar-refractivity contribution is 0.228. The summed E-state index contributed by atoms with van der Waals surface area (Å²) in [5, 5.41) is 9.87. The molecule has 0 fully saturated rings. The molecule has 1 aliphatic carbocycles. The van der Waals surface area contributed by atoms with E-state index >= 15 is 0 Å². The van der Waals surface area contributed by atoms with Crippen molar-refractivity contribution >= 4 is 5.69 Å². The number of rotatable bonds is 14. The van der Waals surface area contributed by atoms with Crippen LogP contribution in [0.15, 0.2) is 54.6 Å². The topological polar surface area (TPSA) is 45.2 Å². The third-order valence-corrected chi connectivity index (χ3v) is 8.05. The van der Waals surface area contributed by atoms with Gasteiger partial charge in [0, 0.05) is 31.9 Å². The van der Waals surface area contributed by atoms with Gasteiger partial charge in [0.2, 0.25) is 0 Å². The van der Waals surface area contributed by atoms with E-state index in [4.69, 9.17) is 9.47 Å². The normalized spacial score (nSPS) is 14.7. The highest BCUT2D eigenvalue weighted by molar-refractivity contribution is 5.59. The first-order valence-electron chi connectivity index (χ1n) is 14.7. The van der Waals surface area contributed by atoms with E-state index in [1.165, 1.54) is 42.4 Å². The number of phenols is 1. The van der Waals surface area contributed by atoms with Gasteiger partial charge >= 0.3 is 0 Å². The van der Waals surface area contributed by atoms with Crippen molar-refractivity contribution in [1.29, 1.82) is 0 Å². The minimum Gasteiger partial charge on any atom is -0.508 e. The van der Waals surface area contributed by atoms with Crippen molar-refractivity contribution in [3.8, 4) is 17.2 Å². The number of unbranched alkanes of at least 4 members (excludes halogenated alkanes) is 3. The predicted molar refractivity (Wildman–Crippen MR) is 162 cm³/mol. The summed E-state index contributed by atoms with van der Waals surface area (Å²) in [6.45, 7) is 5.07. The molecule has 3 aromatic carbocycles. The molecule has 0 spiro atoms. The SMILES string of the molecule is CCCCCCN(C)CCOc1ccc(CN(C)c2cc(OC)ccc2C2CCc3cc(O)ccc3C2)cc1F. The Morgan fingerprint density at radius 2 is 1.80 bits per heavy atom. The van der Waals surface area contributed by atoms with Gasteiger partial charge in [-0.2, -0.15) is 0 Å². The summed E-state index contributed by atoms with van der Waals surface area (Å²) in [6.07, 6.45) is 7.83.